The molecule has 7 nitrogen and oxygen atoms in total. The van der Waals surface area contributed by atoms with Crippen molar-refractivity contribution in [1.29, 1.82) is 0 Å². The molecule has 0 saturated carbocycles. The molecule has 0 aliphatic carbocycles. The number of ether oxygens (including phenoxy) is 1. The Labute approximate surface area is 176 Å². The van der Waals surface area contributed by atoms with Crippen molar-refractivity contribution in [2.45, 2.75) is 46.6 Å². The van der Waals surface area contributed by atoms with Crippen molar-refractivity contribution in [1.82, 2.24) is 20.1 Å². The van der Waals surface area contributed by atoms with Crippen LogP contribution in [-0.4, -0.2) is 39.8 Å². The summed E-state index contributed by atoms with van der Waals surface area (Å²) in [6.07, 6.45) is 2.78. The van der Waals surface area contributed by atoms with E-state index in [0.717, 1.165) is 16.6 Å². The van der Waals surface area contributed by atoms with Crippen LogP contribution in [0.25, 0.3) is 11.0 Å². The van der Waals surface area contributed by atoms with Crippen molar-refractivity contribution in [3.8, 4) is 0 Å². The molecule has 0 aliphatic rings. The number of carbonyl (C=O) groups is 2. The van der Waals surface area contributed by atoms with Crippen LogP contribution in [0.1, 0.15) is 53.5 Å². The van der Waals surface area contributed by atoms with Crippen LogP contribution in [0.2, 0.25) is 0 Å². The topological polar surface area (TPSA) is 86.1 Å². The van der Waals surface area contributed by atoms with Gasteiger partial charge in [-0.15, -0.1) is 0 Å². The fraction of sp³-hybridized carbons (Fsp3) is 0.391. The van der Waals surface area contributed by atoms with Crippen molar-refractivity contribution in [2.24, 2.45) is 0 Å². The van der Waals surface area contributed by atoms with E-state index in [4.69, 9.17) is 4.74 Å². The number of carbonyl (C=O) groups excluding carboxylic acids is 2. The van der Waals surface area contributed by atoms with Crippen molar-refractivity contribution in [2.75, 3.05) is 13.2 Å². The first kappa shape index (κ1) is 21.5. The van der Waals surface area contributed by atoms with E-state index in [2.05, 4.69) is 15.4 Å². The van der Waals surface area contributed by atoms with Crippen LogP contribution in [-0.2, 0) is 16.0 Å². The van der Waals surface area contributed by atoms with Gasteiger partial charge in [-0.3, -0.25) is 4.79 Å². The second-order valence-corrected chi connectivity index (χ2v) is 7.69. The summed E-state index contributed by atoms with van der Waals surface area (Å²) < 4.78 is 7.14. The van der Waals surface area contributed by atoms with Gasteiger partial charge in [0.15, 0.2) is 5.65 Å². The Balaban J connectivity index is 1.47. The number of esters is 1. The molecule has 2 aromatic heterocycles. The van der Waals surface area contributed by atoms with Gasteiger partial charge in [-0.1, -0.05) is 29.8 Å². The predicted octanol–water partition coefficient (Wildman–Crippen LogP) is 3.53. The van der Waals surface area contributed by atoms with E-state index in [9.17, 15) is 9.59 Å². The minimum Gasteiger partial charge on any atom is -0.460 e. The van der Waals surface area contributed by atoms with E-state index >= 15 is 0 Å². The fourth-order valence-electron chi connectivity index (χ4n) is 3.16. The standard InChI is InChI=1S/C23H28N4O3/c1-15(2)27-22-19(14-25-27)13-20(17(4)26-22)23(29)30-12-11-24-21(28)10-9-18-7-5-16(3)6-8-18/h5-8,13-15H,9-12H2,1-4H3,(H,24,28). The van der Waals surface area contributed by atoms with E-state index in [-0.39, 0.29) is 25.1 Å². The molecule has 1 N–H and O–H groups in total. The summed E-state index contributed by atoms with van der Waals surface area (Å²) in [5.74, 6) is -0.514. The van der Waals surface area contributed by atoms with Crippen molar-refractivity contribution in [3.05, 3.63) is 58.9 Å². The number of aromatic nitrogens is 3. The number of nitrogens with zero attached hydrogens (tertiary/aromatic N) is 3. The molecule has 0 atom stereocenters. The van der Waals surface area contributed by atoms with Crippen LogP contribution < -0.4 is 5.32 Å². The van der Waals surface area contributed by atoms with Crippen LogP contribution in [0.4, 0.5) is 0 Å². The van der Waals surface area contributed by atoms with Gasteiger partial charge in [0.1, 0.15) is 6.61 Å². The first-order valence-corrected chi connectivity index (χ1v) is 10.2. The van der Waals surface area contributed by atoms with Gasteiger partial charge in [0.25, 0.3) is 0 Å². The smallest absolute Gasteiger partial charge is 0.340 e. The Bertz CT molecular complexity index is 1040. The maximum absolute atomic E-state index is 12.4. The van der Waals surface area contributed by atoms with E-state index in [1.54, 1.807) is 19.2 Å². The molecule has 1 amide bonds. The molecule has 0 unspecified atom stereocenters. The Morgan fingerprint density at radius 3 is 2.60 bits per heavy atom. The third-order valence-corrected chi connectivity index (χ3v) is 4.89. The number of benzene rings is 1. The molecule has 30 heavy (non-hydrogen) atoms. The quantitative estimate of drug-likeness (QED) is 0.455. The molecular weight excluding hydrogens is 380 g/mol. The Hall–Kier alpha value is -3.22. The van der Waals surface area contributed by atoms with E-state index in [0.29, 0.717) is 24.1 Å². The van der Waals surface area contributed by atoms with Gasteiger partial charge in [-0.2, -0.15) is 5.10 Å². The lowest BCUT2D eigenvalue weighted by atomic mass is 10.1. The zero-order chi connectivity index (χ0) is 21.7. The average Bonchev–Trinajstić information content (AvgIpc) is 3.13. The van der Waals surface area contributed by atoms with Crippen LogP contribution in [0.3, 0.4) is 0 Å². The average molecular weight is 409 g/mol. The summed E-state index contributed by atoms with van der Waals surface area (Å²) in [5.41, 5.74) is 4.08. The molecule has 7 heteroatoms. The number of amides is 1. The second kappa shape index (κ2) is 9.52. The molecule has 0 radical (unpaired) electrons. The zero-order valence-corrected chi connectivity index (χ0v) is 17.9. The van der Waals surface area contributed by atoms with E-state index in [1.807, 2.05) is 49.7 Å². The van der Waals surface area contributed by atoms with E-state index in [1.165, 1.54) is 5.56 Å². The minimum atomic E-state index is -0.451. The van der Waals surface area contributed by atoms with Gasteiger partial charge in [-0.05, 0) is 45.7 Å². The van der Waals surface area contributed by atoms with Gasteiger partial charge in [-0.25, -0.2) is 14.5 Å². The molecule has 0 spiro atoms. The normalized spacial score (nSPS) is 11.1. The number of pyridine rings is 1. The highest BCUT2D eigenvalue weighted by atomic mass is 16.5. The summed E-state index contributed by atoms with van der Waals surface area (Å²) >= 11 is 0. The summed E-state index contributed by atoms with van der Waals surface area (Å²) in [7, 11) is 0. The zero-order valence-electron chi connectivity index (χ0n) is 17.9. The molecule has 1 aromatic carbocycles. The Kier molecular flexibility index (Phi) is 6.82. The number of hydrogen-bond acceptors (Lipinski definition) is 5. The van der Waals surface area contributed by atoms with Crippen LogP contribution in [0.5, 0.6) is 0 Å². The molecule has 2 heterocycles. The summed E-state index contributed by atoms with van der Waals surface area (Å²) in [5, 5.41) is 7.91. The molecule has 0 aliphatic heterocycles. The fourth-order valence-corrected chi connectivity index (χ4v) is 3.16. The van der Waals surface area contributed by atoms with Crippen molar-refractivity contribution in [3.63, 3.8) is 0 Å². The number of fused-ring (bicyclic) bond motifs is 1. The highest BCUT2D eigenvalue weighted by molar-refractivity contribution is 5.94. The third-order valence-electron chi connectivity index (χ3n) is 4.89. The summed E-state index contributed by atoms with van der Waals surface area (Å²) in [6.45, 7) is 8.25. The maximum Gasteiger partial charge on any atom is 0.340 e. The highest BCUT2D eigenvalue weighted by Gasteiger charge is 2.16. The molecule has 3 aromatic rings. The molecule has 158 valence electrons. The minimum absolute atomic E-state index is 0.0630. The Morgan fingerprint density at radius 1 is 1.17 bits per heavy atom. The molecule has 0 fully saturated rings. The first-order valence-electron chi connectivity index (χ1n) is 10.2. The second-order valence-electron chi connectivity index (χ2n) is 7.69. The third kappa shape index (κ3) is 5.23. The predicted molar refractivity (Wildman–Crippen MR) is 115 cm³/mol. The van der Waals surface area contributed by atoms with E-state index < -0.39 is 5.97 Å². The van der Waals surface area contributed by atoms with Crippen LogP contribution in [0, 0.1) is 13.8 Å². The number of nitrogens with one attached hydrogen (secondary N) is 1. The number of hydrogen-bond donors (Lipinski definition) is 1. The lowest BCUT2D eigenvalue weighted by molar-refractivity contribution is -0.121. The molecule has 0 bridgehead atoms. The summed E-state index contributed by atoms with van der Waals surface area (Å²) in [4.78, 5) is 28.9. The number of aryl methyl sites for hydroxylation is 3. The van der Waals surface area contributed by atoms with Gasteiger partial charge >= 0.3 is 5.97 Å². The van der Waals surface area contributed by atoms with Gasteiger partial charge in [0.05, 0.1) is 24.0 Å². The summed E-state index contributed by atoms with van der Waals surface area (Å²) in [6, 6.07) is 10.1. The maximum atomic E-state index is 12.4. The lowest BCUT2D eigenvalue weighted by Crippen LogP contribution is -2.28. The molecule has 0 saturated heterocycles. The van der Waals surface area contributed by atoms with Crippen molar-refractivity contribution < 1.29 is 14.3 Å². The van der Waals surface area contributed by atoms with Crippen LogP contribution in [0.15, 0.2) is 36.5 Å². The monoisotopic (exact) mass is 408 g/mol. The van der Waals surface area contributed by atoms with Gasteiger partial charge in [0, 0.05) is 17.8 Å². The van der Waals surface area contributed by atoms with Crippen molar-refractivity contribution >= 4 is 22.9 Å². The molecular formula is C23H28N4O3. The molecule has 3 rings (SSSR count). The van der Waals surface area contributed by atoms with Crippen LogP contribution >= 0.6 is 0 Å². The van der Waals surface area contributed by atoms with Gasteiger partial charge in [0.2, 0.25) is 5.91 Å². The largest absolute Gasteiger partial charge is 0.460 e. The lowest BCUT2D eigenvalue weighted by Gasteiger charge is -2.10. The first-order chi connectivity index (χ1) is 14.3. The Morgan fingerprint density at radius 2 is 1.90 bits per heavy atom. The highest BCUT2D eigenvalue weighted by Crippen LogP contribution is 2.19. The van der Waals surface area contributed by atoms with Gasteiger partial charge < -0.3 is 10.1 Å². The number of rotatable bonds is 8. The SMILES string of the molecule is Cc1ccc(CCC(=O)NCCOC(=O)c2cc3cnn(C(C)C)c3nc2C)cc1.